The molecule has 4 aromatic carbocycles. The molecule has 0 spiro atoms. The molecule has 5 aromatic rings. The topological polar surface area (TPSA) is 58.6 Å². The van der Waals surface area contributed by atoms with E-state index in [1.807, 2.05) is 146 Å². The quantitative estimate of drug-likeness (QED) is 0.0669. The average molecular weight is 657 g/mol. The fourth-order valence-electron chi connectivity index (χ4n) is 4.00. The van der Waals surface area contributed by atoms with Crippen molar-refractivity contribution in [1.82, 2.24) is 4.98 Å². The van der Waals surface area contributed by atoms with Gasteiger partial charge in [0.2, 0.25) is 0 Å². The van der Waals surface area contributed by atoms with Crippen LogP contribution in [0.1, 0.15) is 0 Å². The van der Waals surface area contributed by atoms with Crippen LogP contribution in [0.25, 0.3) is 0 Å². The number of halogens is 2. The molecule has 3 N–H and O–H groups in total. The zero-order chi connectivity index (χ0) is 28.0. The minimum absolute atomic E-state index is 0.194. The molecule has 201 valence electrons. The van der Waals surface area contributed by atoms with Crippen LogP contribution < -0.4 is 21.2 Å². The molecule has 1 aromatic heterocycles. The molecule has 0 saturated carbocycles. The third-order valence-electron chi connectivity index (χ3n) is 5.84. The van der Waals surface area contributed by atoms with E-state index in [0.29, 0.717) is 5.90 Å². The Morgan fingerprint density at radius 2 is 0.821 bits per heavy atom. The summed E-state index contributed by atoms with van der Waals surface area (Å²) in [6, 6.07) is 44.9. The second-order valence-corrected chi connectivity index (χ2v) is 16.9. The van der Waals surface area contributed by atoms with Crippen LogP contribution in [-0.4, -0.2) is 20.0 Å². The second-order valence-electron chi connectivity index (χ2n) is 8.32. The Morgan fingerprint density at radius 3 is 1.03 bits per heavy atom. The number of aromatic amines is 1. The molecule has 9 heteroatoms. The molecule has 0 aliphatic heterocycles. The number of pyridine rings is 1. The molecular weight excluding hydrogens is 627 g/mol. The Kier molecular flexibility index (Phi) is 13.0. The Morgan fingerprint density at radius 1 is 0.538 bits per heavy atom. The van der Waals surface area contributed by atoms with Gasteiger partial charge in [0.25, 0.3) is 18.9 Å². The molecule has 3 nitrogen and oxygen atoms in total. The van der Waals surface area contributed by atoms with Crippen molar-refractivity contribution in [3.05, 3.63) is 150 Å². The van der Waals surface area contributed by atoms with Crippen LogP contribution >= 0.6 is 34.5 Å². The number of nitrogens with one attached hydrogen (secondary N) is 1. The van der Waals surface area contributed by atoms with Gasteiger partial charge in [0, 0.05) is 12.3 Å². The monoisotopic (exact) mass is 656 g/mol. The summed E-state index contributed by atoms with van der Waals surface area (Å²) in [6.45, 7) is 0. The largest absolute Gasteiger partial charge is 0.315 e. The summed E-state index contributed by atoms with van der Waals surface area (Å²) in [5.74, 6) is 0.308. The van der Waals surface area contributed by atoms with E-state index in [9.17, 15) is 9.13 Å². The number of hydrogen-bond acceptors (Lipinski definition) is 0. The van der Waals surface area contributed by atoms with E-state index in [1.165, 1.54) is 0 Å². The summed E-state index contributed by atoms with van der Waals surface area (Å²) in [5, 5.41) is 3.54. The summed E-state index contributed by atoms with van der Waals surface area (Å²) in [6.07, 6.45) is 1.84. The maximum atomic E-state index is 12.2. The molecule has 39 heavy (non-hydrogen) atoms. The molecule has 0 radical (unpaired) electrons. The average Bonchev–Trinajstić information content (AvgIpc) is 3.00. The Labute approximate surface area is 250 Å². The number of H-pyrrole nitrogens is 1. The van der Waals surface area contributed by atoms with E-state index in [2.05, 4.69) is 17.2 Å². The SMILES string of the molecule is [Cl][Fe+][Cl].[OH+]=P(CP(=[OH+])(c1ccccc1)c1ccccc1)(c1ccccc1)c1ccccc1.[SH+]=c1cccc[nH]1. The predicted molar refractivity (Wildman–Crippen MR) is 171 cm³/mol. The summed E-state index contributed by atoms with van der Waals surface area (Å²) < 4.78 is 25.3. The fourth-order valence-corrected chi connectivity index (χ4v) is 12.4. The third kappa shape index (κ3) is 8.90. The second kappa shape index (κ2) is 16.2. The third-order valence-corrected chi connectivity index (χ3v) is 14.0. The van der Waals surface area contributed by atoms with E-state index in [0.717, 1.165) is 25.9 Å². The molecule has 0 bridgehead atoms. The zero-order valence-corrected chi connectivity index (χ0v) is 26.2. The Bertz CT molecular complexity index is 1360. The molecule has 0 aliphatic rings. The molecule has 0 atom stereocenters. The molecule has 1 heterocycles. The number of aromatic nitrogens is 1. The van der Waals surface area contributed by atoms with Crippen LogP contribution in [0.2, 0.25) is 0 Å². The number of benzene rings is 4. The van der Waals surface area contributed by atoms with Crippen molar-refractivity contribution in [2.24, 2.45) is 0 Å². The van der Waals surface area contributed by atoms with E-state index in [4.69, 9.17) is 20.2 Å². The van der Waals surface area contributed by atoms with Crippen molar-refractivity contribution in [2.75, 3.05) is 5.90 Å². The molecule has 5 rings (SSSR count). The van der Waals surface area contributed by atoms with E-state index < -0.39 is 14.3 Å². The van der Waals surface area contributed by atoms with Gasteiger partial charge in [-0.2, -0.15) is 0 Å². The Balaban J connectivity index is 0.000000356. The van der Waals surface area contributed by atoms with Gasteiger partial charge in [-0.1, -0.05) is 78.9 Å². The first-order valence-corrected chi connectivity index (χ1v) is 19.2. The van der Waals surface area contributed by atoms with E-state index in [-0.39, 0.29) is 13.1 Å². The first kappa shape index (κ1) is 31.3. The van der Waals surface area contributed by atoms with Gasteiger partial charge >= 0.3 is 33.3 Å². The van der Waals surface area contributed by atoms with Gasteiger partial charge in [-0.05, 0) is 54.6 Å². The summed E-state index contributed by atoms with van der Waals surface area (Å²) >= 11 is 4.22. The van der Waals surface area contributed by atoms with Gasteiger partial charge in [0.1, 0.15) is 0 Å². The van der Waals surface area contributed by atoms with Crippen LogP contribution in [0.15, 0.2) is 146 Å². The van der Waals surface area contributed by atoms with Crippen molar-refractivity contribution in [3.8, 4) is 0 Å². The maximum absolute atomic E-state index is 12.2. The van der Waals surface area contributed by atoms with Crippen molar-refractivity contribution in [1.29, 1.82) is 0 Å². The Hall–Kier alpha value is -2.19. The van der Waals surface area contributed by atoms with Crippen LogP contribution in [0.4, 0.5) is 0 Å². The summed E-state index contributed by atoms with van der Waals surface area (Å²) in [7, 11) is 3.87. The van der Waals surface area contributed by atoms with Crippen molar-refractivity contribution < 1.29 is 22.3 Å². The summed E-state index contributed by atoms with van der Waals surface area (Å²) in [4.78, 5) is 2.90. The standard InChI is InChI=1S/C25H22O2P2.C5H5NS.2ClH.Fe/c26-28(22-13-5-1-6-14-22,23-15-7-2-8-16-23)21-29(27,24-17-9-3-10-18-24)25-19-11-4-12-20-25;7-5-3-1-2-4-6-5;;;/h1-20H,21H2;1-4H,(H,6,7);2*1H;/q;;;;+3/p+1. The smallest absolute Gasteiger partial charge is 0.298 e. The van der Waals surface area contributed by atoms with Gasteiger partial charge in [0.15, 0.2) is 18.1 Å². The molecular formula is C30H30Cl2FeNO2P2S+4. The van der Waals surface area contributed by atoms with Gasteiger partial charge < -0.3 is 14.1 Å². The summed E-state index contributed by atoms with van der Waals surface area (Å²) in [5.41, 5.74) is 0. The molecule has 0 amide bonds. The maximum Gasteiger partial charge on any atom is 0.298 e. The first-order valence-electron chi connectivity index (χ1n) is 11.9. The minimum atomic E-state index is -2.83. The van der Waals surface area contributed by atoms with Gasteiger partial charge in [0.05, 0.1) is 21.2 Å². The van der Waals surface area contributed by atoms with E-state index >= 15 is 0 Å². The molecule has 0 unspecified atom stereocenters. The molecule has 0 aliphatic carbocycles. The van der Waals surface area contributed by atoms with Crippen LogP contribution in [0.5, 0.6) is 0 Å². The van der Waals surface area contributed by atoms with Crippen LogP contribution in [-0.2, 0) is 25.4 Å². The van der Waals surface area contributed by atoms with Crippen LogP contribution in [0.3, 0.4) is 0 Å². The molecule has 0 fully saturated rings. The van der Waals surface area contributed by atoms with Crippen molar-refractivity contribution >= 4 is 67.9 Å². The van der Waals surface area contributed by atoms with Gasteiger partial charge in [-0.15, -0.1) is 0 Å². The minimum Gasteiger partial charge on any atom is -0.315 e. The fraction of sp³-hybridized carbons (Fsp3) is 0.0333. The van der Waals surface area contributed by atoms with Crippen LogP contribution in [0, 0.1) is 4.64 Å². The number of rotatable bonds is 6. The van der Waals surface area contributed by atoms with Crippen molar-refractivity contribution in [2.45, 2.75) is 0 Å². The zero-order valence-electron chi connectivity index (χ0n) is 20.9. The van der Waals surface area contributed by atoms with E-state index in [1.54, 1.807) is 0 Å². The normalized spacial score (nSPS) is 10.8. The predicted octanol–water partition coefficient (Wildman–Crippen LogP) is 7.06. The van der Waals surface area contributed by atoms with Crippen molar-refractivity contribution in [3.63, 3.8) is 0 Å². The molecule has 0 saturated heterocycles. The first-order chi connectivity index (χ1) is 18.9. The number of thiol groups is 1. The van der Waals surface area contributed by atoms with Gasteiger partial charge in [-0.25, -0.2) is 0 Å². The number of hydrogen-bond donors (Lipinski definition) is 1. The van der Waals surface area contributed by atoms with Gasteiger partial charge in [-0.3, -0.25) is 0 Å².